The summed E-state index contributed by atoms with van der Waals surface area (Å²) in [6.07, 6.45) is 5.99. The molecule has 0 saturated carbocycles. The van der Waals surface area contributed by atoms with E-state index in [1.165, 1.54) is 37.9 Å². The van der Waals surface area contributed by atoms with E-state index in [4.69, 9.17) is 0 Å². The minimum absolute atomic E-state index is 0. The predicted molar refractivity (Wildman–Crippen MR) is 86.8 cm³/mol. The molecule has 0 saturated heterocycles. The van der Waals surface area contributed by atoms with Crippen molar-refractivity contribution in [3.63, 3.8) is 0 Å². The standard InChI is InChI=1S/C17H28N2O2.BrH/c1-4-18(5-2)15(3)9-7-6-8-10-16-11-13-17(14-12-16)19(20)21;/h11-15H,4-10H2,1-3H3;1H. The number of aryl methyl sites for hydroxylation is 1. The second-order valence-electron chi connectivity index (χ2n) is 5.79. The van der Waals surface area contributed by atoms with Gasteiger partial charge in [0, 0.05) is 12.1 Å². The lowest BCUT2D eigenvalue weighted by molar-refractivity contribution is -0.920. The van der Waals surface area contributed by atoms with Gasteiger partial charge >= 0.3 is 0 Å². The maximum atomic E-state index is 10.6. The Kier molecular flexibility index (Phi) is 11.1. The van der Waals surface area contributed by atoms with Gasteiger partial charge in [0.2, 0.25) is 0 Å². The molecule has 0 aromatic heterocycles. The first-order valence-corrected chi connectivity index (χ1v) is 8.16. The molecular formula is C17H29BrN2O2. The van der Waals surface area contributed by atoms with Gasteiger partial charge in [-0.2, -0.15) is 0 Å². The lowest BCUT2D eigenvalue weighted by Crippen LogP contribution is -3.14. The highest BCUT2D eigenvalue weighted by atomic mass is 79.9. The van der Waals surface area contributed by atoms with Gasteiger partial charge in [-0.05, 0) is 52.0 Å². The highest BCUT2D eigenvalue weighted by molar-refractivity contribution is 5.32. The molecule has 1 atom stereocenters. The topological polar surface area (TPSA) is 47.6 Å². The van der Waals surface area contributed by atoms with Crippen LogP contribution in [0, 0.1) is 10.1 Å². The number of rotatable bonds is 10. The van der Waals surface area contributed by atoms with Crippen molar-refractivity contribution >= 4 is 5.69 Å². The van der Waals surface area contributed by atoms with Gasteiger partial charge in [-0.1, -0.05) is 18.6 Å². The summed E-state index contributed by atoms with van der Waals surface area (Å²) < 4.78 is 0. The molecule has 0 bridgehead atoms. The quantitative estimate of drug-likeness (QED) is 0.357. The van der Waals surface area contributed by atoms with Gasteiger partial charge in [-0.25, -0.2) is 0 Å². The molecule has 1 aromatic rings. The lowest BCUT2D eigenvalue weighted by Gasteiger charge is -2.23. The first-order valence-electron chi connectivity index (χ1n) is 8.16. The smallest absolute Gasteiger partial charge is 0.269 e. The fraction of sp³-hybridized carbons (Fsp3) is 0.647. The van der Waals surface area contributed by atoms with Gasteiger partial charge in [0.05, 0.1) is 24.1 Å². The highest BCUT2D eigenvalue weighted by Crippen LogP contribution is 2.14. The summed E-state index contributed by atoms with van der Waals surface area (Å²) >= 11 is 0. The average molecular weight is 373 g/mol. The van der Waals surface area contributed by atoms with Crippen molar-refractivity contribution in [1.82, 2.24) is 0 Å². The zero-order chi connectivity index (χ0) is 15.7. The van der Waals surface area contributed by atoms with Gasteiger partial charge in [-0.3, -0.25) is 10.1 Å². The number of nitrogens with zero attached hydrogens (tertiary/aromatic N) is 1. The van der Waals surface area contributed by atoms with E-state index < -0.39 is 0 Å². The zero-order valence-electron chi connectivity index (χ0n) is 14.0. The summed E-state index contributed by atoms with van der Waals surface area (Å²) in [4.78, 5) is 11.9. The maximum Gasteiger partial charge on any atom is 0.269 e. The Hall–Kier alpha value is -0.940. The summed E-state index contributed by atoms with van der Waals surface area (Å²) in [5, 5.41) is 10.6. The van der Waals surface area contributed by atoms with E-state index in [-0.39, 0.29) is 27.6 Å². The van der Waals surface area contributed by atoms with Crippen molar-refractivity contribution < 1.29 is 26.8 Å². The summed E-state index contributed by atoms with van der Waals surface area (Å²) in [6.45, 7) is 9.27. The summed E-state index contributed by atoms with van der Waals surface area (Å²) in [7, 11) is 0. The first-order chi connectivity index (χ1) is 10.1. The van der Waals surface area contributed by atoms with Crippen LogP contribution in [0.5, 0.6) is 0 Å². The predicted octanol–water partition coefficient (Wildman–Crippen LogP) is 0.0149. The molecule has 0 spiro atoms. The minimum atomic E-state index is -0.347. The number of halogens is 1. The molecule has 1 rings (SSSR count). The van der Waals surface area contributed by atoms with Crippen LogP contribution in [0.4, 0.5) is 5.69 Å². The Bertz CT molecular complexity index is 419. The van der Waals surface area contributed by atoms with Gasteiger partial charge < -0.3 is 21.9 Å². The van der Waals surface area contributed by atoms with Gasteiger partial charge in [0.1, 0.15) is 0 Å². The molecular weight excluding hydrogens is 344 g/mol. The van der Waals surface area contributed by atoms with Crippen molar-refractivity contribution in [3.05, 3.63) is 39.9 Å². The fourth-order valence-corrected chi connectivity index (χ4v) is 2.89. The number of nitro benzene ring substituents is 1. The van der Waals surface area contributed by atoms with Crippen LogP contribution in [-0.4, -0.2) is 24.1 Å². The number of nitro groups is 1. The number of nitrogens with one attached hydrogen (secondary N) is 1. The molecule has 0 fully saturated rings. The van der Waals surface area contributed by atoms with Gasteiger partial charge in [-0.15, -0.1) is 0 Å². The molecule has 0 amide bonds. The van der Waals surface area contributed by atoms with Crippen molar-refractivity contribution in [2.24, 2.45) is 0 Å². The molecule has 1 unspecified atom stereocenters. The number of non-ortho nitro benzene ring substituents is 1. The third kappa shape index (κ3) is 7.36. The van der Waals surface area contributed by atoms with Crippen molar-refractivity contribution in [2.45, 2.75) is 58.9 Å². The number of unbranched alkanes of at least 4 members (excludes halogenated alkanes) is 2. The first kappa shape index (κ1) is 21.1. The molecule has 0 aliphatic rings. The third-order valence-electron chi connectivity index (χ3n) is 4.35. The molecule has 1 N–H and O–H groups in total. The lowest BCUT2D eigenvalue weighted by atomic mass is 10.0. The van der Waals surface area contributed by atoms with Gasteiger partial charge in [0.15, 0.2) is 0 Å². The maximum absolute atomic E-state index is 10.6. The van der Waals surface area contributed by atoms with Crippen LogP contribution in [0.15, 0.2) is 24.3 Å². The molecule has 0 radical (unpaired) electrons. The number of quaternary nitrogens is 1. The van der Waals surface area contributed by atoms with Gasteiger partial charge in [0.25, 0.3) is 5.69 Å². The summed E-state index contributed by atoms with van der Waals surface area (Å²) in [5.74, 6) is 0. The number of hydrogen-bond acceptors (Lipinski definition) is 2. The SMILES string of the molecule is CC[NH+](CC)C(C)CCCCCc1ccc([N+](=O)[O-])cc1.[Br-]. The van der Waals surface area contributed by atoms with Crippen LogP contribution < -0.4 is 21.9 Å². The molecule has 22 heavy (non-hydrogen) atoms. The van der Waals surface area contributed by atoms with Crippen LogP contribution in [0.3, 0.4) is 0 Å². The Morgan fingerprint density at radius 2 is 1.68 bits per heavy atom. The number of hydrogen-bond donors (Lipinski definition) is 1. The molecule has 5 heteroatoms. The van der Waals surface area contributed by atoms with Crippen molar-refractivity contribution in [2.75, 3.05) is 13.1 Å². The minimum Gasteiger partial charge on any atom is -1.00 e. The Morgan fingerprint density at radius 3 is 2.18 bits per heavy atom. The fourth-order valence-electron chi connectivity index (χ4n) is 2.89. The van der Waals surface area contributed by atoms with Crippen molar-refractivity contribution in [1.29, 1.82) is 0 Å². The molecule has 4 nitrogen and oxygen atoms in total. The number of benzene rings is 1. The Morgan fingerprint density at radius 1 is 1.09 bits per heavy atom. The monoisotopic (exact) mass is 372 g/mol. The van der Waals surface area contributed by atoms with E-state index in [9.17, 15) is 10.1 Å². The van der Waals surface area contributed by atoms with E-state index >= 15 is 0 Å². The molecule has 0 aliphatic carbocycles. The zero-order valence-corrected chi connectivity index (χ0v) is 15.6. The van der Waals surface area contributed by atoms with E-state index in [1.807, 2.05) is 12.1 Å². The normalized spacial score (nSPS) is 12.0. The third-order valence-corrected chi connectivity index (χ3v) is 4.35. The van der Waals surface area contributed by atoms with E-state index in [2.05, 4.69) is 20.8 Å². The highest BCUT2D eigenvalue weighted by Gasteiger charge is 2.12. The molecule has 0 heterocycles. The summed E-state index contributed by atoms with van der Waals surface area (Å²) in [6, 6.07) is 7.70. The van der Waals surface area contributed by atoms with E-state index in [0.717, 1.165) is 18.9 Å². The Balaban J connectivity index is 0.00000441. The van der Waals surface area contributed by atoms with E-state index in [1.54, 1.807) is 17.0 Å². The second-order valence-corrected chi connectivity index (χ2v) is 5.79. The van der Waals surface area contributed by atoms with Crippen LogP contribution in [0.25, 0.3) is 0 Å². The largest absolute Gasteiger partial charge is 1.00 e. The molecule has 0 aliphatic heterocycles. The van der Waals surface area contributed by atoms with Crippen LogP contribution in [0.2, 0.25) is 0 Å². The van der Waals surface area contributed by atoms with Crippen LogP contribution in [-0.2, 0) is 6.42 Å². The Labute approximate surface area is 144 Å². The van der Waals surface area contributed by atoms with Crippen LogP contribution in [0.1, 0.15) is 52.0 Å². The van der Waals surface area contributed by atoms with E-state index in [0.29, 0.717) is 0 Å². The summed E-state index contributed by atoms with van der Waals surface area (Å²) in [5.41, 5.74) is 1.37. The molecule has 1 aromatic carbocycles. The molecule has 126 valence electrons. The van der Waals surface area contributed by atoms with Crippen molar-refractivity contribution in [3.8, 4) is 0 Å². The van der Waals surface area contributed by atoms with Crippen LogP contribution >= 0.6 is 0 Å². The average Bonchev–Trinajstić information content (AvgIpc) is 2.48. The second kappa shape index (κ2) is 11.6.